The van der Waals surface area contributed by atoms with Crippen LogP contribution in [0.4, 0.5) is 5.69 Å². The number of aryl methyl sites for hydroxylation is 1. The van der Waals surface area contributed by atoms with Crippen molar-refractivity contribution in [3.63, 3.8) is 0 Å². The Morgan fingerprint density at radius 1 is 1.23 bits per heavy atom. The standard InChI is InChI=1S/C22H24ClN5O2/c1-14-10-16(7-8-17(14)23)28(21(30)18-12-25-13-26-18)19(15-6-5-9-24-11-15)20(29)27-22(2,3)4/h5-13,19H,1-4H3,(H,25,26)(H,27,29). The van der Waals surface area contributed by atoms with Crippen molar-refractivity contribution in [1.29, 1.82) is 0 Å². The van der Waals surface area contributed by atoms with E-state index in [4.69, 9.17) is 11.6 Å². The lowest BCUT2D eigenvalue weighted by Gasteiger charge is -2.33. The molecule has 2 heterocycles. The number of aromatic amines is 1. The van der Waals surface area contributed by atoms with Crippen molar-refractivity contribution in [2.24, 2.45) is 0 Å². The van der Waals surface area contributed by atoms with E-state index in [1.807, 2.05) is 27.7 Å². The minimum Gasteiger partial charge on any atom is -0.350 e. The molecule has 1 atom stereocenters. The maximum Gasteiger partial charge on any atom is 0.279 e. The van der Waals surface area contributed by atoms with Gasteiger partial charge in [0.15, 0.2) is 0 Å². The fourth-order valence-corrected chi connectivity index (χ4v) is 3.17. The molecule has 2 N–H and O–H groups in total. The largest absolute Gasteiger partial charge is 0.350 e. The molecule has 0 spiro atoms. The summed E-state index contributed by atoms with van der Waals surface area (Å²) in [7, 11) is 0. The van der Waals surface area contributed by atoms with Gasteiger partial charge >= 0.3 is 0 Å². The van der Waals surface area contributed by atoms with E-state index in [0.717, 1.165) is 5.56 Å². The van der Waals surface area contributed by atoms with Crippen LogP contribution in [0.2, 0.25) is 5.02 Å². The zero-order valence-corrected chi connectivity index (χ0v) is 18.1. The van der Waals surface area contributed by atoms with Crippen LogP contribution in [0.3, 0.4) is 0 Å². The molecule has 0 saturated carbocycles. The molecular weight excluding hydrogens is 402 g/mol. The topological polar surface area (TPSA) is 91.0 Å². The summed E-state index contributed by atoms with van der Waals surface area (Å²) in [5, 5.41) is 3.55. The van der Waals surface area contributed by atoms with E-state index in [1.54, 1.807) is 42.7 Å². The second kappa shape index (κ2) is 8.67. The van der Waals surface area contributed by atoms with Gasteiger partial charge in [-0.2, -0.15) is 0 Å². The van der Waals surface area contributed by atoms with Gasteiger partial charge < -0.3 is 10.3 Å². The van der Waals surface area contributed by atoms with E-state index < -0.39 is 17.5 Å². The number of hydrogen-bond acceptors (Lipinski definition) is 4. The number of hydrogen-bond donors (Lipinski definition) is 2. The smallest absolute Gasteiger partial charge is 0.279 e. The molecule has 0 aliphatic carbocycles. The molecule has 0 saturated heterocycles. The molecule has 8 heteroatoms. The molecule has 30 heavy (non-hydrogen) atoms. The lowest BCUT2D eigenvalue weighted by molar-refractivity contribution is -0.123. The third-order valence-corrected chi connectivity index (χ3v) is 4.78. The van der Waals surface area contributed by atoms with Crippen molar-refractivity contribution >= 4 is 29.1 Å². The number of amides is 2. The number of aromatic nitrogens is 3. The zero-order valence-electron chi connectivity index (χ0n) is 17.3. The molecule has 1 aromatic carbocycles. The van der Waals surface area contributed by atoms with Crippen LogP contribution in [0.5, 0.6) is 0 Å². The van der Waals surface area contributed by atoms with Crippen LogP contribution in [0.15, 0.2) is 55.2 Å². The average Bonchev–Trinajstić information content (AvgIpc) is 3.22. The summed E-state index contributed by atoms with van der Waals surface area (Å²) in [4.78, 5) is 39.4. The molecule has 1 unspecified atom stereocenters. The maximum atomic E-state index is 13.5. The van der Waals surface area contributed by atoms with Gasteiger partial charge in [0, 0.05) is 40.4 Å². The minimum absolute atomic E-state index is 0.194. The van der Waals surface area contributed by atoms with E-state index in [2.05, 4.69) is 20.3 Å². The lowest BCUT2D eigenvalue weighted by Crippen LogP contribution is -2.49. The van der Waals surface area contributed by atoms with Crippen LogP contribution in [0, 0.1) is 6.92 Å². The molecule has 156 valence electrons. The molecule has 3 aromatic rings. The van der Waals surface area contributed by atoms with E-state index >= 15 is 0 Å². The quantitative estimate of drug-likeness (QED) is 0.644. The molecule has 0 radical (unpaired) electrons. The van der Waals surface area contributed by atoms with Gasteiger partial charge in [-0.3, -0.25) is 19.5 Å². The van der Waals surface area contributed by atoms with Gasteiger partial charge in [-0.1, -0.05) is 17.7 Å². The fourth-order valence-electron chi connectivity index (χ4n) is 3.06. The monoisotopic (exact) mass is 425 g/mol. The highest BCUT2D eigenvalue weighted by Gasteiger charge is 2.35. The number of rotatable bonds is 5. The SMILES string of the molecule is Cc1cc(N(C(=O)c2c[nH]cn2)C(C(=O)NC(C)(C)C)c2cccnc2)ccc1Cl. The normalized spacial score (nSPS) is 12.3. The number of nitrogens with zero attached hydrogens (tertiary/aromatic N) is 3. The Morgan fingerprint density at radius 3 is 2.57 bits per heavy atom. The third-order valence-electron chi connectivity index (χ3n) is 4.36. The van der Waals surface area contributed by atoms with Gasteiger partial charge in [0.1, 0.15) is 11.7 Å². The molecule has 2 amide bonds. The molecule has 2 aromatic heterocycles. The first-order valence-corrected chi connectivity index (χ1v) is 9.85. The maximum absolute atomic E-state index is 13.5. The van der Waals surface area contributed by atoms with Crippen LogP contribution in [0.25, 0.3) is 0 Å². The first kappa shape index (κ1) is 21.5. The van der Waals surface area contributed by atoms with E-state index in [-0.39, 0.29) is 11.6 Å². The van der Waals surface area contributed by atoms with E-state index in [9.17, 15) is 9.59 Å². The van der Waals surface area contributed by atoms with Crippen LogP contribution >= 0.6 is 11.6 Å². The van der Waals surface area contributed by atoms with E-state index in [1.165, 1.54) is 17.4 Å². The Balaban J connectivity index is 2.18. The summed E-state index contributed by atoms with van der Waals surface area (Å²) >= 11 is 6.20. The van der Waals surface area contributed by atoms with Gasteiger partial charge in [-0.25, -0.2) is 4.98 Å². The number of imidazole rings is 1. The number of halogens is 1. The van der Waals surface area contributed by atoms with Crippen molar-refractivity contribution in [1.82, 2.24) is 20.3 Å². The average molecular weight is 426 g/mol. The second-order valence-corrected chi connectivity index (χ2v) is 8.40. The number of benzene rings is 1. The molecule has 0 aliphatic rings. The number of anilines is 1. The summed E-state index contributed by atoms with van der Waals surface area (Å²) in [6, 6.07) is 7.75. The first-order chi connectivity index (χ1) is 14.2. The van der Waals surface area contributed by atoms with Gasteiger partial charge in [0.05, 0.1) is 6.33 Å². The number of H-pyrrole nitrogens is 1. The Hall–Kier alpha value is -3.19. The lowest BCUT2D eigenvalue weighted by atomic mass is 10.0. The number of carbonyl (C=O) groups is 2. The van der Waals surface area contributed by atoms with Gasteiger partial charge in [0.2, 0.25) is 5.91 Å². The first-order valence-electron chi connectivity index (χ1n) is 9.48. The number of carbonyl (C=O) groups excluding carboxylic acids is 2. The van der Waals surface area contributed by atoms with Gasteiger partial charge in [0.25, 0.3) is 5.91 Å². The van der Waals surface area contributed by atoms with Crippen molar-refractivity contribution < 1.29 is 9.59 Å². The highest BCUT2D eigenvalue weighted by Crippen LogP contribution is 2.32. The Kier molecular flexibility index (Phi) is 6.22. The minimum atomic E-state index is -0.956. The van der Waals surface area contributed by atoms with Gasteiger partial charge in [-0.15, -0.1) is 0 Å². The summed E-state index contributed by atoms with van der Waals surface area (Å²) in [5.74, 6) is -0.747. The van der Waals surface area contributed by atoms with Crippen molar-refractivity contribution in [2.75, 3.05) is 4.90 Å². The van der Waals surface area contributed by atoms with Crippen LogP contribution in [0.1, 0.15) is 48.4 Å². The predicted molar refractivity (Wildman–Crippen MR) is 116 cm³/mol. The highest BCUT2D eigenvalue weighted by atomic mass is 35.5. The number of nitrogens with one attached hydrogen (secondary N) is 2. The van der Waals surface area contributed by atoms with Crippen LogP contribution in [-0.2, 0) is 4.79 Å². The second-order valence-electron chi connectivity index (χ2n) is 7.99. The summed E-state index contributed by atoms with van der Waals surface area (Å²) in [5.41, 5.74) is 1.60. The van der Waals surface area contributed by atoms with Crippen molar-refractivity contribution in [3.05, 3.63) is 77.1 Å². The van der Waals surface area contributed by atoms with E-state index in [0.29, 0.717) is 16.3 Å². The van der Waals surface area contributed by atoms with Crippen LogP contribution < -0.4 is 10.2 Å². The zero-order chi connectivity index (χ0) is 21.9. The molecular formula is C22H24ClN5O2. The summed E-state index contributed by atoms with van der Waals surface area (Å²) in [6.45, 7) is 7.50. The summed E-state index contributed by atoms with van der Waals surface area (Å²) < 4.78 is 0. The van der Waals surface area contributed by atoms with Crippen molar-refractivity contribution in [3.8, 4) is 0 Å². The number of pyridine rings is 1. The fraction of sp³-hybridized carbons (Fsp3) is 0.273. The Morgan fingerprint density at radius 2 is 2.00 bits per heavy atom. The molecule has 0 fully saturated rings. The van der Waals surface area contributed by atoms with Crippen molar-refractivity contribution in [2.45, 2.75) is 39.3 Å². The molecule has 7 nitrogen and oxygen atoms in total. The molecule has 3 rings (SSSR count). The Labute approximate surface area is 180 Å². The molecule has 0 aliphatic heterocycles. The van der Waals surface area contributed by atoms with Crippen LogP contribution in [-0.4, -0.2) is 32.3 Å². The molecule has 0 bridgehead atoms. The Bertz CT molecular complexity index is 1030. The third kappa shape index (κ3) is 4.86. The highest BCUT2D eigenvalue weighted by molar-refractivity contribution is 6.31. The van der Waals surface area contributed by atoms with Gasteiger partial charge in [-0.05, 0) is 57.5 Å². The summed E-state index contributed by atoms with van der Waals surface area (Å²) in [6.07, 6.45) is 6.13. The predicted octanol–water partition coefficient (Wildman–Crippen LogP) is 4.07.